The highest BCUT2D eigenvalue weighted by Crippen LogP contribution is 2.46. The van der Waals surface area contributed by atoms with E-state index in [1.807, 2.05) is 12.1 Å². The molecule has 2 heterocycles. The molecule has 0 fully saturated rings. The Morgan fingerprint density at radius 1 is 1.36 bits per heavy atom. The largest absolute Gasteiger partial charge is 0.294 e. The predicted molar refractivity (Wildman–Crippen MR) is 115 cm³/mol. The van der Waals surface area contributed by atoms with Gasteiger partial charge in [-0.15, -0.1) is 11.8 Å². The Balaban J connectivity index is 2.22. The fraction of sp³-hybridized carbons (Fsp3) is 0.368. The van der Waals surface area contributed by atoms with Gasteiger partial charge in [0.25, 0.3) is 0 Å². The first-order valence-corrected chi connectivity index (χ1v) is 10.2. The lowest BCUT2D eigenvalue weighted by Crippen LogP contribution is -2.42. The molecule has 5 N–H and O–H groups in total. The fourth-order valence-corrected chi connectivity index (χ4v) is 4.92. The monoisotopic (exact) mass is 418 g/mol. The van der Waals surface area contributed by atoms with E-state index < -0.39 is 11.9 Å². The summed E-state index contributed by atoms with van der Waals surface area (Å²) in [6.07, 6.45) is -0.0641. The zero-order chi connectivity index (χ0) is 20.6. The Morgan fingerprint density at radius 2 is 2.00 bits per heavy atom. The van der Waals surface area contributed by atoms with Crippen molar-refractivity contribution >= 4 is 46.7 Å². The van der Waals surface area contributed by atoms with Gasteiger partial charge < -0.3 is 0 Å². The number of hydrogen-bond donors (Lipinski definition) is 4. The van der Waals surface area contributed by atoms with Crippen LogP contribution in [0.2, 0.25) is 5.02 Å². The predicted octanol–water partition coefficient (Wildman–Crippen LogP) is 3.15. The molecule has 7 nitrogen and oxygen atoms in total. The number of amides is 1. The summed E-state index contributed by atoms with van der Waals surface area (Å²) < 4.78 is 0. The summed E-state index contributed by atoms with van der Waals surface area (Å²) in [5.74, 6) is 5.34. The third-order valence-electron chi connectivity index (χ3n) is 4.98. The van der Waals surface area contributed by atoms with E-state index in [0.717, 1.165) is 21.9 Å². The van der Waals surface area contributed by atoms with Crippen molar-refractivity contribution in [3.63, 3.8) is 0 Å². The second-order valence-electron chi connectivity index (χ2n) is 6.91. The van der Waals surface area contributed by atoms with E-state index in [0.29, 0.717) is 5.02 Å². The van der Waals surface area contributed by atoms with Crippen molar-refractivity contribution in [2.45, 2.75) is 38.5 Å². The molecule has 1 aromatic rings. The van der Waals surface area contributed by atoms with E-state index in [1.54, 1.807) is 35.7 Å². The highest BCUT2D eigenvalue weighted by molar-refractivity contribution is 8.04. The lowest BCUT2D eigenvalue weighted by Gasteiger charge is -2.26. The maximum absolute atomic E-state index is 12.0. The third-order valence-corrected chi connectivity index (χ3v) is 6.64. The van der Waals surface area contributed by atoms with E-state index in [4.69, 9.17) is 33.3 Å². The van der Waals surface area contributed by atoms with Crippen molar-refractivity contribution in [1.29, 1.82) is 10.8 Å². The van der Waals surface area contributed by atoms with Crippen LogP contribution >= 0.6 is 23.4 Å². The normalized spacial score (nSPS) is 24.6. The van der Waals surface area contributed by atoms with Crippen molar-refractivity contribution in [1.82, 2.24) is 10.3 Å². The summed E-state index contributed by atoms with van der Waals surface area (Å²) in [4.78, 5) is 18.4. The number of benzene rings is 1. The van der Waals surface area contributed by atoms with Crippen LogP contribution in [0.25, 0.3) is 0 Å². The van der Waals surface area contributed by atoms with E-state index in [-0.39, 0.29) is 29.3 Å². The van der Waals surface area contributed by atoms with Gasteiger partial charge in [0.15, 0.2) is 0 Å². The molecule has 0 spiro atoms. The number of carbonyl (C=O) groups is 1. The molecule has 0 aliphatic carbocycles. The molecule has 0 saturated heterocycles. The Bertz CT molecular complexity index is 894. The van der Waals surface area contributed by atoms with Gasteiger partial charge in [-0.3, -0.25) is 30.9 Å². The second kappa shape index (κ2) is 8.06. The molecular weight excluding hydrogens is 396 g/mol. The molecule has 2 aliphatic rings. The first-order chi connectivity index (χ1) is 13.2. The van der Waals surface area contributed by atoms with Gasteiger partial charge >= 0.3 is 0 Å². The lowest BCUT2D eigenvalue weighted by molar-refractivity contribution is -0.121. The van der Waals surface area contributed by atoms with Crippen LogP contribution in [-0.2, 0) is 4.79 Å². The van der Waals surface area contributed by atoms with Gasteiger partial charge in [0.05, 0.1) is 17.2 Å². The number of thioether (sulfide) groups is 1. The highest BCUT2D eigenvalue weighted by atomic mass is 35.5. The topological polar surface area (TPSA) is 118 Å². The average Bonchev–Trinajstić information content (AvgIpc) is 2.86. The number of nitrogens with two attached hydrogens (primary N) is 1. The van der Waals surface area contributed by atoms with E-state index >= 15 is 0 Å². The molecule has 9 heteroatoms. The third kappa shape index (κ3) is 3.72. The smallest absolute Gasteiger partial charge is 0.236 e. The quantitative estimate of drug-likeness (QED) is 0.198. The molecule has 2 unspecified atom stereocenters. The molecule has 148 valence electrons. The first kappa shape index (κ1) is 20.6. The Kier molecular flexibility index (Phi) is 5.92. The molecule has 0 bridgehead atoms. The number of nitrogens with one attached hydrogen (secondary N) is 3. The fourth-order valence-electron chi connectivity index (χ4n) is 3.35. The van der Waals surface area contributed by atoms with Crippen LogP contribution in [0.1, 0.15) is 32.8 Å². The van der Waals surface area contributed by atoms with Crippen LogP contribution in [0.5, 0.6) is 0 Å². The summed E-state index contributed by atoms with van der Waals surface area (Å²) in [7, 11) is 0. The maximum atomic E-state index is 12.0. The van der Waals surface area contributed by atoms with Gasteiger partial charge in [0, 0.05) is 21.4 Å². The lowest BCUT2D eigenvalue weighted by atomic mass is 9.91. The Morgan fingerprint density at radius 3 is 2.57 bits per heavy atom. The minimum Gasteiger partial charge on any atom is -0.294 e. The number of amidine groups is 2. The summed E-state index contributed by atoms with van der Waals surface area (Å²) in [6, 6.07) is 6.63. The molecule has 1 aromatic carbocycles. The molecule has 28 heavy (non-hydrogen) atoms. The summed E-state index contributed by atoms with van der Waals surface area (Å²) in [5.41, 5.74) is 4.71. The van der Waals surface area contributed by atoms with Crippen molar-refractivity contribution in [3.05, 3.63) is 45.5 Å². The summed E-state index contributed by atoms with van der Waals surface area (Å²) in [6.45, 7) is 5.89. The molecule has 0 aromatic heterocycles. The van der Waals surface area contributed by atoms with Crippen LogP contribution in [-0.4, -0.2) is 39.5 Å². The summed E-state index contributed by atoms with van der Waals surface area (Å²) >= 11 is 7.69. The number of carbonyl (C=O) groups excluding carboxylic acids is 1. The van der Waals surface area contributed by atoms with Crippen LogP contribution in [0.3, 0.4) is 0 Å². The molecular formula is C19H23ClN6OS. The van der Waals surface area contributed by atoms with Crippen molar-refractivity contribution in [3.8, 4) is 0 Å². The number of nitrogens with zero attached hydrogens (tertiary/aromatic N) is 2. The van der Waals surface area contributed by atoms with Gasteiger partial charge in [-0.25, -0.2) is 5.84 Å². The zero-order valence-corrected chi connectivity index (χ0v) is 17.5. The van der Waals surface area contributed by atoms with E-state index in [2.05, 4.69) is 19.3 Å². The molecule has 3 rings (SSSR count). The van der Waals surface area contributed by atoms with Gasteiger partial charge in [-0.05, 0) is 25.0 Å². The van der Waals surface area contributed by atoms with Crippen LogP contribution < -0.4 is 11.3 Å². The zero-order valence-electron chi connectivity index (χ0n) is 15.9. The summed E-state index contributed by atoms with van der Waals surface area (Å²) in [5, 5.41) is 18.7. The molecule has 3 atom stereocenters. The highest BCUT2D eigenvalue weighted by Gasteiger charge is 2.41. The van der Waals surface area contributed by atoms with E-state index in [9.17, 15) is 4.79 Å². The Hall–Kier alpha value is -2.16. The number of hydrazine groups is 1. The van der Waals surface area contributed by atoms with Crippen LogP contribution in [0.4, 0.5) is 0 Å². The first-order valence-electron chi connectivity index (χ1n) is 8.92. The van der Waals surface area contributed by atoms with Crippen molar-refractivity contribution in [2.75, 3.05) is 0 Å². The minimum atomic E-state index is -0.747. The average molecular weight is 419 g/mol. The number of halogens is 1. The number of hydrogen-bond acceptors (Lipinski definition) is 6. The standard InChI is InChI=1S/C19H23ClN6OS/c1-9-10(2)28-19-16(9)17(12-4-6-13(20)7-5-12)24-14(8-15(27)25-23)18(22)26(19)11(3)21/h4-7,9-10,14,21-22H,8,23H2,1-3H3,(H,25,27)/t9?,10?,14-/m0/s1. The molecule has 2 aliphatic heterocycles. The van der Waals surface area contributed by atoms with Gasteiger partial charge in [-0.1, -0.05) is 37.6 Å². The van der Waals surface area contributed by atoms with E-state index in [1.165, 1.54) is 0 Å². The van der Waals surface area contributed by atoms with Gasteiger partial charge in [0.2, 0.25) is 5.91 Å². The Labute approximate surface area is 173 Å². The number of aliphatic imine (C=N–C) groups is 1. The van der Waals surface area contributed by atoms with Crippen molar-refractivity contribution in [2.24, 2.45) is 16.8 Å². The van der Waals surface area contributed by atoms with Crippen molar-refractivity contribution < 1.29 is 4.79 Å². The maximum Gasteiger partial charge on any atom is 0.236 e. The molecule has 0 radical (unpaired) electrons. The molecule has 0 saturated carbocycles. The van der Waals surface area contributed by atoms with Crippen LogP contribution in [0.15, 0.2) is 39.9 Å². The van der Waals surface area contributed by atoms with Gasteiger partial charge in [-0.2, -0.15) is 0 Å². The minimum absolute atomic E-state index is 0.0641. The number of rotatable bonds is 3. The SMILES string of the molecule is CC(=N)N1C(=N)[C@H](CC(=O)NN)N=C(c2ccc(Cl)cc2)C2=C1SC(C)C2C. The molecule has 1 amide bonds. The van der Waals surface area contributed by atoms with Gasteiger partial charge in [0.1, 0.15) is 17.7 Å². The second-order valence-corrected chi connectivity index (χ2v) is 8.71. The van der Waals surface area contributed by atoms with Crippen LogP contribution in [0, 0.1) is 16.7 Å². The number of allylic oxidation sites excluding steroid dienone is 1.